The molecule has 0 bridgehead atoms. The van der Waals surface area contributed by atoms with E-state index < -0.39 is 6.17 Å². The lowest BCUT2D eigenvalue weighted by atomic mass is 9.83. The highest BCUT2D eigenvalue weighted by atomic mass is 35.5. The van der Waals surface area contributed by atoms with E-state index in [-0.39, 0.29) is 0 Å². The van der Waals surface area contributed by atoms with E-state index in [4.69, 9.17) is 11.6 Å². The number of rotatable bonds is 1. The summed E-state index contributed by atoms with van der Waals surface area (Å²) < 4.78 is 13.5. The molecular weight excluding hydrogens is 201 g/mol. The molecule has 1 aromatic heterocycles. The summed E-state index contributed by atoms with van der Waals surface area (Å²) in [5.41, 5.74) is 1.51. The van der Waals surface area contributed by atoms with Crippen LogP contribution < -0.4 is 0 Å². The van der Waals surface area contributed by atoms with Crippen LogP contribution in [0, 0.1) is 0 Å². The molecule has 0 saturated carbocycles. The quantitative estimate of drug-likeness (QED) is 0.686. The third kappa shape index (κ3) is 1.52. The van der Waals surface area contributed by atoms with Crippen molar-refractivity contribution in [2.45, 2.75) is 38.3 Å². The number of alkyl halides is 1. The highest BCUT2D eigenvalue weighted by Gasteiger charge is 2.28. The molecule has 1 aliphatic carbocycles. The van der Waals surface area contributed by atoms with Crippen molar-refractivity contribution in [2.75, 3.05) is 0 Å². The van der Waals surface area contributed by atoms with Gasteiger partial charge in [-0.05, 0) is 36.8 Å². The Bertz CT molecular complexity index is 340. The fourth-order valence-electron chi connectivity index (χ4n) is 2.16. The minimum atomic E-state index is -0.925. The van der Waals surface area contributed by atoms with Crippen LogP contribution in [0.1, 0.15) is 49.5 Å². The molecule has 1 aromatic rings. The predicted molar refractivity (Wildman–Crippen MR) is 55.4 cm³/mol. The monoisotopic (exact) mass is 213 g/mol. The van der Waals surface area contributed by atoms with Gasteiger partial charge in [0.2, 0.25) is 0 Å². The van der Waals surface area contributed by atoms with Gasteiger partial charge >= 0.3 is 0 Å². The molecule has 1 nitrogen and oxygen atoms in total. The molecule has 3 heteroatoms. The van der Waals surface area contributed by atoms with Gasteiger partial charge in [0.1, 0.15) is 6.17 Å². The first-order valence-electron chi connectivity index (χ1n) is 5.02. The van der Waals surface area contributed by atoms with Gasteiger partial charge in [-0.1, -0.05) is 18.5 Å². The standard InChI is InChI=1S/C11H13ClFN/c1-2-7-3-4-9(13)11-10(7)8(12)5-6-14-11/h5-7,9H,2-4H2,1H3/t7-,9-/m0/s1. The van der Waals surface area contributed by atoms with Crippen LogP contribution in [0.25, 0.3) is 0 Å². The lowest BCUT2D eigenvalue weighted by molar-refractivity contribution is 0.278. The highest BCUT2D eigenvalue weighted by Crippen LogP contribution is 2.42. The summed E-state index contributed by atoms with van der Waals surface area (Å²) in [5, 5.41) is 0.671. The minimum absolute atomic E-state index is 0.387. The van der Waals surface area contributed by atoms with Crippen molar-refractivity contribution in [3.63, 3.8) is 0 Å². The minimum Gasteiger partial charge on any atom is -0.258 e. The summed E-state index contributed by atoms with van der Waals surface area (Å²) in [6.45, 7) is 2.11. The van der Waals surface area contributed by atoms with Crippen LogP contribution in [-0.4, -0.2) is 4.98 Å². The van der Waals surface area contributed by atoms with E-state index in [2.05, 4.69) is 11.9 Å². The Morgan fingerprint density at radius 2 is 2.36 bits per heavy atom. The van der Waals surface area contributed by atoms with Crippen molar-refractivity contribution in [2.24, 2.45) is 0 Å². The molecule has 2 atom stereocenters. The predicted octanol–water partition coefficient (Wildman–Crippen LogP) is 4.03. The maximum Gasteiger partial charge on any atom is 0.142 e. The van der Waals surface area contributed by atoms with Gasteiger partial charge in [0.15, 0.2) is 0 Å². The van der Waals surface area contributed by atoms with E-state index in [0.29, 0.717) is 23.1 Å². The second kappa shape index (κ2) is 3.85. The van der Waals surface area contributed by atoms with Gasteiger partial charge in [0.25, 0.3) is 0 Å². The van der Waals surface area contributed by atoms with Crippen LogP contribution in [0.15, 0.2) is 12.3 Å². The summed E-state index contributed by atoms with van der Waals surface area (Å²) in [5.74, 6) is 0.387. The zero-order chi connectivity index (χ0) is 10.1. The van der Waals surface area contributed by atoms with Crippen LogP contribution in [0.2, 0.25) is 5.02 Å². The van der Waals surface area contributed by atoms with E-state index in [1.54, 1.807) is 12.3 Å². The van der Waals surface area contributed by atoms with Crippen molar-refractivity contribution >= 4 is 11.6 Å². The Morgan fingerprint density at radius 3 is 3.07 bits per heavy atom. The van der Waals surface area contributed by atoms with Crippen LogP contribution in [-0.2, 0) is 0 Å². The Labute approximate surface area is 88.3 Å². The fraction of sp³-hybridized carbons (Fsp3) is 0.545. The number of hydrogen-bond donors (Lipinski definition) is 0. The summed E-state index contributed by atoms with van der Waals surface area (Å²) >= 11 is 6.07. The lowest BCUT2D eigenvalue weighted by Crippen LogP contribution is -2.13. The summed E-state index contributed by atoms with van der Waals surface area (Å²) in [7, 11) is 0. The molecule has 0 unspecified atom stereocenters. The molecule has 0 amide bonds. The number of fused-ring (bicyclic) bond motifs is 1. The molecule has 0 N–H and O–H groups in total. The Hall–Kier alpha value is -0.630. The number of halogens is 2. The number of pyridine rings is 1. The summed E-state index contributed by atoms with van der Waals surface area (Å²) in [6.07, 6.45) is 3.14. The second-order valence-electron chi connectivity index (χ2n) is 3.74. The Kier molecular flexibility index (Phi) is 2.73. The Balaban J connectivity index is 2.51. The average molecular weight is 214 g/mol. The molecule has 2 rings (SSSR count). The van der Waals surface area contributed by atoms with E-state index in [1.165, 1.54) is 0 Å². The van der Waals surface area contributed by atoms with Crippen molar-refractivity contribution in [3.05, 3.63) is 28.5 Å². The van der Waals surface area contributed by atoms with Gasteiger partial charge in [-0.2, -0.15) is 0 Å². The highest BCUT2D eigenvalue weighted by molar-refractivity contribution is 6.31. The van der Waals surface area contributed by atoms with Crippen LogP contribution in [0.4, 0.5) is 4.39 Å². The van der Waals surface area contributed by atoms with Crippen molar-refractivity contribution < 1.29 is 4.39 Å². The molecule has 0 spiro atoms. The molecule has 76 valence electrons. The largest absolute Gasteiger partial charge is 0.258 e. The Morgan fingerprint density at radius 1 is 1.57 bits per heavy atom. The molecule has 0 saturated heterocycles. The zero-order valence-electron chi connectivity index (χ0n) is 8.13. The zero-order valence-corrected chi connectivity index (χ0v) is 8.89. The van der Waals surface area contributed by atoms with E-state index in [9.17, 15) is 4.39 Å². The third-order valence-electron chi connectivity index (χ3n) is 2.93. The fourth-order valence-corrected chi connectivity index (χ4v) is 2.46. The molecule has 0 radical (unpaired) electrons. The maximum absolute atomic E-state index is 13.5. The van der Waals surface area contributed by atoms with Crippen LogP contribution in [0.5, 0.6) is 0 Å². The molecule has 0 fully saturated rings. The van der Waals surface area contributed by atoms with Gasteiger partial charge < -0.3 is 0 Å². The first-order chi connectivity index (χ1) is 6.74. The molecule has 0 aromatic carbocycles. The van der Waals surface area contributed by atoms with E-state index >= 15 is 0 Å². The van der Waals surface area contributed by atoms with Crippen LogP contribution >= 0.6 is 11.6 Å². The first kappa shape index (κ1) is 9.91. The summed E-state index contributed by atoms with van der Waals surface area (Å²) in [4.78, 5) is 4.10. The number of hydrogen-bond acceptors (Lipinski definition) is 1. The van der Waals surface area contributed by atoms with Gasteiger partial charge in [0.05, 0.1) is 5.69 Å². The molecule has 14 heavy (non-hydrogen) atoms. The third-order valence-corrected chi connectivity index (χ3v) is 3.26. The smallest absolute Gasteiger partial charge is 0.142 e. The SMILES string of the molecule is CC[C@H]1CC[C@H](F)c2nccc(Cl)c21. The van der Waals surface area contributed by atoms with Crippen LogP contribution in [0.3, 0.4) is 0 Å². The molecule has 0 aliphatic heterocycles. The van der Waals surface area contributed by atoms with Crippen molar-refractivity contribution in [1.29, 1.82) is 0 Å². The van der Waals surface area contributed by atoms with Gasteiger partial charge in [-0.25, -0.2) is 4.39 Å². The molecule has 1 aliphatic rings. The lowest BCUT2D eigenvalue weighted by Gasteiger charge is -2.26. The molecular formula is C11H13ClFN. The van der Waals surface area contributed by atoms with Gasteiger partial charge in [-0.15, -0.1) is 0 Å². The topological polar surface area (TPSA) is 12.9 Å². The van der Waals surface area contributed by atoms with E-state index in [0.717, 1.165) is 18.4 Å². The normalized spacial score (nSPS) is 25.9. The number of aromatic nitrogens is 1. The van der Waals surface area contributed by atoms with Gasteiger partial charge in [0, 0.05) is 11.2 Å². The summed E-state index contributed by atoms with van der Waals surface area (Å²) in [6, 6.07) is 1.75. The maximum atomic E-state index is 13.5. The van der Waals surface area contributed by atoms with Crippen molar-refractivity contribution in [1.82, 2.24) is 4.98 Å². The van der Waals surface area contributed by atoms with Crippen molar-refractivity contribution in [3.8, 4) is 0 Å². The average Bonchev–Trinajstić information content (AvgIpc) is 2.20. The van der Waals surface area contributed by atoms with Gasteiger partial charge in [-0.3, -0.25) is 4.98 Å². The number of nitrogens with zero attached hydrogens (tertiary/aromatic N) is 1. The molecule has 1 heterocycles. The van der Waals surface area contributed by atoms with E-state index in [1.807, 2.05) is 0 Å². The second-order valence-corrected chi connectivity index (χ2v) is 4.15. The first-order valence-corrected chi connectivity index (χ1v) is 5.40.